The van der Waals surface area contributed by atoms with Crippen LogP contribution in [0, 0.1) is 0 Å². The van der Waals surface area contributed by atoms with Gasteiger partial charge in [-0.05, 0) is 38.7 Å². The molecule has 0 spiro atoms. The fourth-order valence-electron chi connectivity index (χ4n) is 2.57. The Morgan fingerprint density at radius 1 is 1.33 bits per heavy atom. The van der Waals surface area contributed by atoms with Crippen LogP contribution in [0.15, 0.2) is 23.5 Å². The molecule has 1 aromatic heterocycles. The molecule has 2 rings (SSSR count). The second-order valence-electron chi connectivity index (χ2n) is 5.85. The maximum atomic E-state index is 5.87. The zero-order valence-corrected chi connectivity index (χ0v) is 14.7. The summed E-state index contributed by atoms with van der Waals surface area (Å²) in [4.78, 5) is 4.60. The summed E-state index contributed by atoms with van der Waals surface area (Å²) < 4.78 is 13.1. The third-order valence-electron chi connectivity index (χ3n) is 3.85. The van der Waals surface area contributed by atoms with Crippen molar-refractivity contribution in [2.24, 2.45) is 4.99 Å². The van der Waals surface area contributed by atoms with Gasteiger partial charge in [-0.3, -0.25) is 9.67 Å². The summed E-state index contributed by atoms with van der Waals surface area (Å²) in [6.45, 7) is 7.95. The lowest BCUT2D eigenvalue weighted by atomic mass is 10.1. The van der Waals surface area contributed by atoms with Crippen LogP contribution in [0.3, 0.4) is 0 Å². The lowest BCUT2D eigenvalue weighted by Gasteiger charge is -2.22. The van der Waals surface area contributed by atoms with Crippen LogP contribution in [0.2, 0.25) is 0 Å². The van der Waals surface area contributed by atoms with E-state index in [2.05, 4.69) is 27.6 Å². The molecular formula is C17H31N5O2. The first-order valence-corrected chi connectivity index (χ1v) is 9.07. The summed E-state index contributed by atoms with van der Waals surface area (Å²) in [5.74, 6) is 0.879. The van der Waals surface area contributed by atoms with E-state index in [0.29, 0.717) is 6.10 Å². The average Bonchev–Trinajstić information content (AvgIpc) is 3.12. The van der Waals surface area contributed by atoms with Crippen molar-refractivity contribution < 1.29 is 9.47 Å². The Bertz CT molecular complexity index is 444. The maximum absolute atomic E-state index is 5.87. The number of nitrogens with zero attached hydrogens (tertiary/aromatic N) is 3. The van der Waals surface area contributed by atoms with Crippen molar-refractivity contribution >= 4 is 5.96 Å². The highest BCUT2D eigenvalue weighted by molar-refractivity contribution is 5.79. The quantitative estimate of drug-likeness (QED) is 0.384. The molecule has 1 saturated heterocycles. The Hall–Kier alpha value is -1.60. The van der Waals surface area contributed by atoms with Crippen molar-refractivity contribution in [2.45, 2.75) is 45.3 Å². The number of aryl methyl sites for hydroxylation is 1. The molecule has 1 fully saturated rings. The van der Waals surface area contributed by atoms with Gasteiger partial charge in [-0.1, -0.05) is 0 Å². The normalized spacial score (nSPS) is 16.3. The van der Waals surface area contributed by atoms with Gasteiger partial charge in [-0.2, -0.15) is 5.10 Å². The van der Waals surface area contributed by atoms with Crippen LogP contribution in [0.25, 0.3) is 0 Å². The fraction of sp³-hybridized carbons (Fsp3) is 0.765. The standard InChI is InChI=1S/C17H31N5O2/c1-2-18-17(19-8-3-11-22-12-4-10-21-22)20-9-5-13-24-16-6-14-23-15-7-16/h4,10,12,16H,2-3,5-9,11,13-15H2,1H3,(H2,18,19,20). The van der Waals surface area contributed by atoms with E-state index >= 15 is 0 Å². The van der Waals surface area contributed by atoms with Crippen molar-refractivity contribution in [3.63, 3.8) is 0 Å². The minimum atomic E-state index is 0.378. The molecule has 0 unspecified atom stereocenters. The van der Waals surface area contributed by atoms with Crippen molar-refractivity contribution in [1.82, 2.24) is 20.4 Å². The number of rotatable bonds is 10. The molecule has 0 bridgehead atoms. The highest BCUT2D eigenvalue weighted by Crippen LogP contribution is 2.10. The molecule has 1 aliphatic heterocycles. The Morgan fingerprint density at radius 2 is 2.21 bits per heavy atom. The molecule has 1 aliphatic rings. The molecule has 0 aromatic carbocycles. The van der Waals surface area contributed by atoms with Gasteiger partial charge in [0, 0.05) is 58.4 Å². The highest BCUT2D eigenvalue weighted by Gasteiger charge is 2.13. The van der Waals surface area contributed by atoms with E-state index in [1.165, 1.54) is 0 Å². The first-order chi connectivity index (χ1) is 11.9. The molecule has 24 heavy (non-hydrogen) atoms. The molecular weight excluding hydrogens is 306 g/mol. The van der Waals surface area contributed by atoms with E-state index in [-0.39, 0.29) is 0 Å². The van der Waals surface area contributed by atoms with E-state index in [1.807, 2.05) is 16.9 Å². The minimum absolute atomic E-state index is 0.378. The van der Waals surface area contributed by atoms with Crippen LogP contribution in [-0.4, -0.2) is 61.3 Å². The van der Waals surface area contributed by atoms with Crippen molar-refractivity contribution in [3.8, 4) is 0 Å². The molecule has 1 aromatic rings. The van der Waals surface area contributed by atoms with E-state index in [9.17, 15) is 0 Å². The van der Waals surface area contributed by atoms with Crippen molar-refractivity contribution in [3.05, 3.63) is 18.5 Å². The summed E-state index contributed by atoms with van der Waals surface area (Å²) in [5, 5.41) is 10.8. The third kappa shape index (κ3) is 7.79. The van der Waals surface area contributed by atoms with Gasteiger partial charge in [-0.25, -0.2) is 0 Å². The zero-order chi connectivity index (χ0) is 16.9. The van der Waals surface area contributed by atoms with Crippen LogP contribution in [-0.2, 0) is 16.0 Å². The van der Waals surface area contributed by atoms with Crippen LogP contribution in [0.4, 0.5) is 0 Å². The molecule has 0 atom stereocenters. The number of aromatic nitrogens is 2. The number of hydrogen-bond donors (Lipinski definition) is 2. The van der Waals surface area contributed by atoms with Gasteiger partial charge >= 0.3 is 0 Å². The number of guanidine groups is 1. The van der Waals surface area contributed by atoms with Gasteiger partial charge < -0.3 is 20.1 Å². The highest BCUT2D eigenvalue weighted by atomic mass is 16.5. The van der Waals surface area contributed by atoms with Gasteiger partial charge in [0.1, 0.15) is 0 Å². The van der Waals surface area contributed by atoms with Crippen LogP contribution < -0.4 is 10.6 Å². The average molecular weight is 337 g/mol. The van der Waals surface area contributed by atoms with E-state index in [0.717, 1.165) is 77.6 Å². The topological polar surface area (TPSA) is 72.7 Å². The smallest absolute Gasteiger partial charge is 0.191 e. The Labute approximate surface area is 144 Å². The van der Waals surface area contributed by atoms with Gasteiger partial charge in [0.25, 0.3) is 0 Å². The third-order valence-corrected chi connectivity index (χ3v) is 3.85. The summed E-state index contributed by atoms with van der Waals surface area (Å²) >= 11 is 0. The molecule has 7 nitrogen and oxygen atoms in total. The molecule has 0 radical (unpaired) electrons. The molecule has 2 N–H and O–H groups in total. The summed E-state index contributed by atoms with van der Waals surface area (Å²) in [7, 11) is 0. The van der Waals surface area contributed by atoms with Crippen LogP contribution in [0.5, 0.6) is 0 Å². The molecule has 136 valence electrons. The number of ether oxygens (including phenoxy) is 2. The number of nitrogens with one attached hydrogen (secondary N) is 2. The lowest BCUT2D eigenvalue weighted by molar-refractivity contribution is -0.0320. The summed E-state index contributed by atoms with van der Waals surface area (Å²) in [5.41, 5.74) is 0. The summed E-state index contributed by atoms with van der Waals surface area (Å²) in [6.07, 6.45) is 8.16. The molecule has 2 heterocycles. The first kappa shape index (κ1) is 18.7. The Morgan fingerprint density at radius 3 is 2.96 bits per heavy atom. The number of hydrogen-bond acceptors (Lipinski definition) is 4. The molecule has 0 amide bonds. The Kier molecular flexibility index (Phi) is 9.26. The van der Waals surface area contributed by atoms with Crippen LogP contribution >= 0.6 is 0 Å². The van der Waals surface area contributed by atoms with Gasteiger partial charge in [0.05, 0.1) is 6.10 Å². The monoisotopic (exact) mass is 337 g/mol. The summed E-state index contributed by atoms with van der Waals surface area (Å²) in [6, 6.07) is 1.94. The van der Waals surface area contributed by atoms with E-state index < -0.39 is 0 Å². The van der Waals surface area contributed by atoms with Crippen LogP contribution in [0.1, 0.15) is 32.6 Å². The molecule has 0 aliphatic carbocycles. The lowest BCUT2D eigenvalue weighted by Crippen LogP contribution is -2.38. The SMILES string of the molecule is CCNC(=NCCCn1cccn1)NCCCOC1CCOCC1. The van der Waals surface area contributed by atoms with Gasteiger partial charge in [0.2, 0.25) is 0 Å². The molecule has 0 saturated carbocycles. The zero-order valence-electron chi connectivity index (χ0n) is 14.7. The second kappa shape index (κ2) is 11.9. The van der Waals surface area contributed by atoms with Gasteiger partial charge in [0.15, 0.2) is 5.96 Å². The predicted octanol–water partition coefficient (Wildman–Crippen LogP) is 1.41. The fourth-order valence-corrected chi connectivity index (χ4v) is 2.57. The maximum Gasteiger partial charge on any atom is 0.191 e. The molecule has 7 heteroatoms. The largest absolute Gasteiger partial charge is 0.381 e. The van der Waals surface area contributed by atoms with E-state index in [4.69, 9.17) is 9.47 Å². The van der Waals surface area contributed by atoms with Crippen molar-refractivity contribution in [1.29, 1.82) is 0 Å². The Balaban J connectivity index is 1.54. The minimum Gasteiger partial charge on any atom is -0.381 e. The number of aliphatic imine (C=N–C) groups is 1. The van der Waals surface area contributed by atoms with Crippen molar-refractivity contribution in [2.75, 3.05) is 39.5 Å². The van der Waals surface area contributed by atoms with Gasteiger partial charge in [-0.15, -0.1) is 0 Å². The predicted molar refractivity (Wildman–Crippen MR) is 95.2 cm³/mol. The van der Waals surface area contributed by atoms with E-state index in [1.54, 1.807) is 6.20 Å². The second-order valence-corrected chi connectivity index (χ2v) is 5.85. The first-order valence-electron chi connectivity index (χ1n) is 9.07.